The van der Waals surface area contributed by atoms with Gasteiger partial charge >= 0.3 is 0 Å². The van der Waals surface area contributed by atoms with Crippen LogP contribution in [0.1, 0.15) is 25.3 Å². The molecule has 124 valence electrons. The van der Waals surface area contributed by atoms with Crippen LogP contribution in [0.5, 0.6) is 0 Å². The zero-order chi connectivity index (χ0) is 16.9. The third-order valence-electron chi connectivity index (χ3n) is 3.40. The monoisotopic (exact) mass is 324 g/mol. The van der Waals surface area contributed by atoms with E-state index in [4.69, 9.17) is 0 Å². The predicted molar refractivity (Wildman–Crippen MR) is 78.2 cm³/mol. The highest BCUT2D eigenvalue weighted by Gasteiger charge is 2.27. The molecule has 1 atom stereocenters. The number of hydrogen-bond acceptors (Lipinski definition) is 4. The number of halogens is 2. The van der Waals surface area contributed by atoms with E-state index in [9.17, 15) is 18.7 Å². The number of amides is 1. The minimum absolute atomic E-state index is 0.0678. The van der Waals surface area contributed by atoms with Crippen LogP contribution in [0.4, 0.5) is 8.78 Å². The molecule has 1 aromatic heterocycles. The maximum Gasteiger partial charge on any atom is 0.220 e. The zero-order valence-corrected chi connectivity index (χ0v) is 12.7. The van der Waals surface area contributed by atoms with Gasteiger partial charge in [0.25, 0.3) is 0 Å². The smallest absolute Gasteiger partial charge is 0.220 e. The number of nitrogens with zero attached hydrogens (tertiary/aromatic N) is 3. The fourth-order valence-electron chi connectivity index (χ4n) is 2.13. The fraction of sp³-hybridized carbons (Fsp3) is 0.400. The summed E-state index contributed by atoms with van der Waals surface area (Å²) in [7, 11) is 0. The zero-order valence-electron chi connectivity index (χ0n) is 12.7. The van der Waals surface area contributed by atoms with Crippen molar-refractivity contribution < 1.29 is 18.7 Å². The third-order valence-corrected chi connectivity index (χ3v) is 3.40. The first kappa shape index (κ1) is 17.0. The molecule has 0 aliphatic carbocycles. The Labute approximate surface area is 132 Å². The van der Waals surface area contributed by atoms with Crippen molar-refractivity contribution in [3.8, 4) is 0 Å². The first-order valence-electron chi connectivity index (χ1n) is 7.17. The minimum atomic E-state index is -1.63. The first-order valence-corrected chi connectivity index (χ1v) is 7.17. The Morgan fingerprint density at radius 3 is 2.87 bits per heavy atom. The molecule has 0 fully saturated rings. The van der Waals surface area contributed by atoms with Crippen molar-refractivity contribution in [3.63, 3.8) is 0 Å². The fourth-order valence-corrected chi connectivity index (χ4v) is 2.13. The maximum atomic E-state index is 13.7. The second kappa shape index (κ2) is 7.28. The Balaban J connectivity index is 1.82. The van der Waals surface area contributed by atoms with E-state index in [0.717, 1.165) is 6.07 Å². The molecule has 2 N–H and O–H groups in total. The lowest BCUT2D eigenvalue weighted by Crippen LogP contribution is -2.39. The molecule has 1 unspecified atom stereocenters. The lowest BCUT2D eigenvalue weighted by Gasteiger charge is -2.24. The summed E-state index contributed by atoms with van der Waals surface area (Å²) < 4.78 is 28.2. The molecule has 23 heavy (non-hydrogen) atoms. The first-order chi connectivity index (χ1) is 10.9. The molecule has 0 saturated heterocycles. The molecule has 0 aliphatic heterocycles. The van der Waals surface area contributed by atoms with E-state index in [1.807, 2.05) is 0 Å². The van der Waals surface area contributed by atoms with E-state index in [2.05, 4.69) is 15.6 Å². The molecular weight excluding hydrogens is 306 g/mol. The van der Waals surface area contributed by atoms with Gasteiger partial charge in [0.05, 0.1) is 12.7 Å². The summed E-state index contributed by atoms with van der Waals surface area (Å²) >= 11 is 0. The van der Waals surface area contributed by atoms with Gasteiger partial charge < -0.3 is 10.4 Å². The van der Waals surface area contributed by atoms with Gasteiger partial charge in [0.15, 0.2) is 0 Å². The van der Waals surface area contributed by atoms with E-state index in [1.165, 1.54) is 13.0 Å². The Kier molecular flexibility index (Phi) is 5.38. The molecule has 0 bridgehead atoms. The molecule has 0 spiro atoms. The number of rotatable bonds is 7. The largest absolute Gasteiger partial charge is 0.383 e. The van der Waals surface area contributed by atoms with Crippen molar-refractivity contribution in [2.24, 2.45) is 0 Å². The van der Waals surface area contributed by atoms with E-state index in [0.29, 0.717) is 19.0 Å². The van der Waals surface area contributed by atoms with Crippen molar-refractivity contribution in [2.75, 3.05) is 6.54 Å². The van der Waals surface area contributed by atoms with Crippen LogP contribution in [0.3, 0.4) is 0 Å². The summed E-state index contributed by atoms with van der Waals surface area (Å²) in [6.45, 7) is 1.74. The summed E-state index contributed by atoms with van der Waals surface area (Å²) in [5, 5.41) is 20.3. The van der Waals surface area contributed by atoms with Crippen LogP contribution < -0.4 is 5.32 Å². The van der Waals surface area contributed by atoms with Gasteiger partial charge in [-0.25, -0.2) is 8.78 Å². The number of carbonyl (C=O) groups excluding carboxylic acids is 1. The summed E-state index contributed by atoms with van der Waals surface area (Å²) in [4.78, 5) is 11.8. The van der Waals surface area contributed by atoms with E-state index in [1.54, 1.807) is 17.1 Å². The van der Waals surface area contributed by atoms with Crippen LogP contribution in [-0.2, 0) is 16.9 Å². The molecule has 2 aromatic rings. The van der Waals surface area contributed by atoms with Crippen molar-refractivity contribution >= 4 is 5.91 Å². The summed E-state index contributed by atoms with van der Waals surface area (Å²) in [6.07, 6.45) is 4.04. The number of benzene rings is 1. The summed E-state index contributed by atoms with van der Waals surface area (Å²) in [6, 6.07) is 2.93. The molecule has 1 aromatic carbocycles. The summed E-state index contributed by atoms with van der Waals surface area (Å²) in [5.41, 5.74) is -1.69. The average Bonchev–Trinajstić information content (AvgIpc) is 2.98. The Hall–Kier alpha value is -2.35. The average molecular weight is 324 g/mol. The van der Waals surface area contributed by atoms with Crippen molar-refractivity contribution in [1.29, 1.82) is 0 Å². The van der Waals surface area contributed by atoms with Gasteiger partial charge in [-0.2, -0.15) is 0 Å². The Bertz CT molecular complexity index is 660. The van der Waals surface area contributed by atoms with Crippen molar-refractivity contribution in [1.82, 2.24) is 20.3 Å². The number of nitrogens with one attached hydrogen (secondary N) is 1. The van der Waals surface area contributed by atoms with Crippen LogP contribution in [-0.4, -0.2) is 32.6 Å². The summed E-state index contributed by atoms with van der Waals surface area (Å²) in [5.74, 6) is -1.84. The lowest BCUT2D eigenvalue weighted by atomic mass is 9.95. The Morgan fingerprint density at radius 2 is 2.22 bits per heavy atom. The van der Waals surface area contributed by atoms with Gasteiger partial charge in [0.1, 0.15) is 17.2 Å². The molecule has 0 radical (unpaired) electrons. The van der Waals surface area contributed by atoms with Gasteiger partial charge in [0.2, 0.25) is 5.91 Å². The van der Waals surface area contributed by atoms with Crippen LogP contribution in [0.2, 0.25) is 0 Å². The van der Waals surface area contributed by atoms with Crippen molar-refractivity contribution in [3.05, 3.63) is 47.8 Å². The third kappa shape index (κ3) is 4.82. The van der Waals surface area contributed by atoms with E-state index in [-0.39, 0.29) is 24.4 Å². The van der Waals surface area contributed by atoms with Crippen LogP contribution in [0.15, 0.2) is 30.6 Å². The molecule has 0 saturated carbocycles. The van der Waals surface area contributed by atoms with E-state index < -0.39 is 17.2 Å². The second-order valence-electron chi connectivity index (χ2n) is 5.44. The predicted octanol–water partition coefficient (Wildman–Crippen LogP) is 1.36. The van der Waals surface area contributed by atoms with Gasteiger partial charge in [-0.05, 0) is 19.4 Å². The normalized spacial score (nSPS) is 13.6. The SMILES string of the molecule is CC(O)(CNC(=O)CCCn1ccnn1)c1ccc(F)cc1F. The van der Waals surface area contributed by atoms with Crippen LogP contribution in [0, 0.1) is 11.6 Å². The van der Waals surface area contributed by atoms with E-state index >= 15 is 0 Å². The highest BCUT2D eigenvalue weighted by Crippen LogP contribution is 2.23. The van der Waals surface area contributed by atoms with Crippen LogP contribution >= 0.6 is 0 Å². The number of aliphatic hydroxyl groups is 1. The van der Waals surface area contributed by atoms with Crippen LogP contribution in [0.25, 0.3) is 0 Å². The number of hydrogen-bond donors (Lipinski definition) is 2. The quantitative estimate of drug-likeness (QED) is 0.806. The lowest BCUT2D eigenvalue weighted by molar-refractivity contribution is -0.122. The minimum Gasteiger partial charge on any atom is -0.383 e. The second-order valence-corrected chi connectivity index (χ2v) is 5.44. The number of carbonyl (C=O) groups is 1. The highest BCUT2D eigenvalue weighted by atomic mass is 19.1. The standard InChI is InChI=1S/C15H18F2N4O2/c1-15(23,12-5-4-11(16)9-13(12)17)10-18-14(22)3-2-7-21-8-6-19-20-21/h4-6,8-9,23H,2-3,7,10H2,1H3,(H,18,22). The van der Waals surface area contributed by atoms with Gasteiger partial charge in [0, 0.05) is 30.8 Å². The molecule has 1 amide bonds. The van der Waals surface area contributed by atoms with Gasteiger partial charge in [-0.1, -0.05) is 11.3 Å². The van der Waals surface area contributed by atoms with Crippen molar-refractivity contribution in [2.45, 2.75) is 31.9 Å². The number of aromatic nitrogens is 3. The van der Waals surface area contributed by atoms with Gasteiger partial charge in [-0.3, -0.25) is 9.48 Å². The molecule has 2 rings (SSSR count). The topological polar surface area (TPSA) is 80.0 Å². The molecule has 1 heterocycles. The molecular formula is C15H18F2N4O2. The molecule has 8 heteroatoms. The Morgan fingerprint density at radius 1 is 1.43 bits per heavy atom. The van der Waals surface area contributed by atoms with Gasteiger partial charge in [-0.15, -0.1) is 5.10 Å². The maximum absolute atomic E-state index is 13.7. The number of aryl methyl sites for hydroxylation is 1. The molecule has 6 nitrogen and oxygen atoms in total. The molecule has 0 aliphatic rings. The highest BCUT2D eigenvalue weighted by molar-refractivity contribution is 5.75.